The van der Waals surface area contributed by atoms with Crippen LogP contribution >= 0.6 is 15.9 Å². The third-order valence-electron chi connectivity index (χ3n) is 5.25. The maximum absolute atomic E-state index is 4.81. The summed E-state index contributed by atoms with van der Waals surface area (Å²) in [4.78, 5) is 22.1. The Morgan fingerprint density at radius 2 is 2.07 bits per heavy atom. The van der Waals surface area contributed by atoms with E-state index in [-0.39, 0.29) is 0 Å². The first-order valence-electron chi connectivity index (χ1n) is 9.62. The number of fused-ring (bicyclic) bond motifs is 2. The molecule has 0 aliphatic carbocycles. The summed E-state index contributed by atoms with van der Waals surface area (Å²) < 4.78 is 2.56. The van der Waals surface area contributed by atoms with Crippen LogP contribution in [-0.2, 0) is 6.54 Å². The molecule has 0 bridgehead atoms. The lowest BCUT2D eigenvalue weighted by Crippen LogP contribution is -2.51. The van der Waals surface area contributed by atoms with Gasteiger partial charge in [0.2, 0.25) is 11.9 Å². The van der Waals surface area contributed by atoms with Crippen molar-refractivity contribution < 1.29 is 0 Å². The molecule has 0 radical (unpaired) electrons. The predicted molar refractivity (Wildman–Crippen MR) is 116 cm³/mol. The summed E-state index contributed by atoms with van der Waals surface area (Å²) in [6.45, 7) is 5.58. The van der Waals surface area contributed by atoms with Crippen LogP contribution in [0.3, 0.4) is 0 Å². The molecule has 1 aromatic carbocycles. The maximum atomic E-state index is 4.81. The smallest absolute Gasteiger partial charge is 0.231 e. The lowest BCUT2D eigenvalue weighted by atomic mass is 10.2. The van der Waals surface area contributed by atoms with Crippen LogP contribution in [0.25, 0.3) is 16.7 Å². The molecule has 9 nitrogen and oxygen atoms in total. The Kier molecular flexibility index (Phi) is 4.59. The number of anilines is 2. The summed E-state index contributed by atoms with van der Waals surface area (Å²) in [5.74, 6) is 2.20. The number of likely N-dealkylation sites (N-methyl/N-ethyl adjacent to an activating group) is 1. The van der Waals surface area contributed by atoms with E-state index in [1.807, 2.05) is 24.3 Å². The van der Waals surface area contributed by atoms with E-state index >= 15 is 0 Å². The number of nitrogens with one attached hydrogen (secondary N) is 2. The molecule has 3 aromatic heterocycles. The molecule has 0 spiro atoms. The first-order chi connectivity index (χ1) is 14.1. The maximum Gasteiger partial charge on any atom is 0.231 e. The van der Waals surface area contributed by atoms with Crippen LogP contribution in [-0.4, -0.2) is 67.2 Å². The van der Waals surface area contributed by atoms with Gasteiger partial charge in [0.25, 0.3) is 0 Å². The molecule has 1 saturated heterocycles. The molecule has 4 heterocycles. The number of rotatable bonds is 4. The van der Waals surface area contributed by atoms with Crippen LogP contribution < -0.4 is 10.2 Å². The fourth-order valence-corrected chi connectivity index (χ4v) is 4.12. The highest BCUT2D eigenvalue weighted by Gasteiger charge is 2.25. The number of aromatic amines is 1. The highest BCUT2D eigenvalue weighted by Crippen LogP contribution is 2.24. The van der Waals surface area contributed by atoms with E-state index < -0.39 is 0 Å². The van der Waals surface area contributed by atoms with Gasteiger partial charge in [0.15, 0.2) is 5.65 Å². The molecule has 1 aliphatic heterocycles. The van der Waals surface area contributed by atoms with E-state index in [1.165, 1.54) is 0 Å². The van der Waals surface area contributed by atoms with Crippen molar-refractivity contribution in [1.29, 1.82) is 0 Å². The van der Waals surface area contributed by atoms with Crippen molar-refractivity contribution in [2.75, 3.05) is 36.9 Å². The number of H-pyrrole nitrogens is 1. The number of aromatic nitrogens is 6. The molecule has 1 fully saturated rings. The zero-order valence-electron chi connectivity index (χ0n) is 16.3. The summed E-state index contributed by atoms with van der Waals surface area (Å²) in [5.41, 5.74) is 2.71. The van der Waals surface area contributed by atoms with Crippen LogP contribution in [0.1, 0.15) is 12.7 Å². The Morgan fingerprint density at radius 1 is 1.21 bits per heavy atom. The molecular weight excluding hydrogens is 434 g/mol. The number of halogens is 1. The second-order valence-electron chi connectivity index (χ2n) is 7.43. The van der Waals surface area contributed by atoms with E-state index in [9.17, 15) is 0 Å². The van der Waals surface area contributed by atoms with E-state index in [2.05, 4.69) is 60.1 Å². The molecule has 4 aromatic rings. The average Bonchev–Trinajstić information content (AvgIpc) is 3.29. The lowest BCUT2D eigenvalue weighted by Gasteiger charge is -2.38. The first kappa shape index (κ1) is 18.3. The Hall–Kier alpha value is -2.72. The topological polar surface area (TPSA) is 90.3 Å². The quantitative estimate of drug-likeness (QED) is 0.488. The summed E-state index contributed by atoms with van der Waals surface area (Å²) in [7, 11) is 2.14. The van der Waals surface area contributed by atoms with Crippen molar-refractivity contribution in [3.63, 3.8) is 0 Å². The Bertz CT molecular complexity index is 1130. The number of benzene rings is 1. The van der Waals surface area contributed by atoms with E-state index in [0.29, 0.717) is 24.5 Å². The van der Waals surface area contributed by atoms with Gasteiger partial charge in [0, 0.05) is 25.7 Å². The fourth-order valence-electron chi connectivity index (χ4n) is 3.77. The van der Waals surface area contributed by atoms with Gasteiger partial charge in [-0.25, -0.2) is 4.98 Å². The monoisotopic (exact) mass is 455 g/mol. The largest absolute Gasteiger partial charge is 0.347 e. The summed E-state index contributed by atoms with van der Waals surface area (Å²) in [6.07, 6.45) is 1.74. The third-order valence-corrected chi connectivity index (χ3v) is 5.81. The molecule has 1 atom stereocenters. The Morgan fingerprint density at radius 3 is 2.90 bits per heavy atom. The minimum atomic E-state index is 0.334. The molecule has 0 saturated carbocycles. The van der Waals surface area contributed by atoms with Crippen molar-refractivity contribution in [2.24, 2.45) is 0 Å². The summed E-state index contributed by atoms with van der Waals surface area (Å²) in [6, 6.07) is 8.33. The summed E-state index contributed by atoms with van der Waals surface area (Å²) >= 11 is 3.56. The second-order valence-corrected chi connectivity index (χ2v) is 8.29. The molecule has 0 amide bonds. The molecule has 10 heteroatoms. The van der Waals surface area contributed by atoms with Gasteiger partial charge in [0.1, 0.15) is 5.82 Å². The van der Waals surface area contributed by atoms with Crippen LogP contribution in [0.4, 0.5) is 11.9 Å². The van der Waals surface area contributed by atoms with Gasteiger partial charge in [0.05, 0.1) is 28.2 Å². The highest BCUT2D eigenvalue weighted by molar-refractivity contribution is 9.10. The van der Waals surface area contributed by atoms with Gasteiger partial charge in [-0.3, -0.25) is 0 Å². The SMILES string of the molecule is C[C@@H]1CN(C)CCN1c1nc(NCc2nc3ccccc3[nH]2)n2ncc(Br)c2n1. The zero-order chi connectivity index (χ0) is 20.0. The van der Waals surface area contributed by atoms with Crippen molar-refractivity contribution in [3.05, 3.63) is 40.8 Å². The standard InChI is InChI=1S/C19H22BrN9/c1-12-11-27(2)7-8-28(12)19-25-17-13(20)9-22-29(17)18(26-19)21-10-16-23-14-5-3-4-6-15(14)24-16/h3-6,9,12H,7-8,10-11H2,1-2H3,(H,23,24)(H,21,25,26)/t12-/m1/s1. The van der Waals surface area contributed by atoms with Crippen molar-refractivity contribution in [3.8, 4) is 0 Å². The molecule has 150 valence electrons. The summed E-state index contributed by atoms with van der Waals surface area (Å²) in [5, 5.41) is 7.79. The number of nitrogens with zero attached hydrogens (tertiary/aromatic N) is 7. The molecular formula is C19H22BrN9. The Balaban J connectivity index is 1.47. The molecule has 5 rings (SSSR count). The number of piperazine rings is 1. The second kappa shape index (κ2) is 7.27. The van der Waals surface area contributed by atoms with Crippen molar-refractivity contribution >= 4 is 44.5 Å². The van der Waals surface area contributed by atoms with Gasteiger partial charge >= 0.3 is 0 Å². The van der Waals surface area contributed by atoms with Crippen LogP contribution in [0, 0.1) is 0 Å². The van der Waals surface area contributed by atoms with Gasteiger partial charge < -0.3 is 20.1 Å². The van der Waals surface area contributed by atoms with E-state index in [0.717, 1.165) is 46.6 Å². The van der Waals surface area contributed by atoms with Gasteiger partial charge in [-0.1, -0.05) is 12.1 Å². The van der Waals surface area contributed by atoms with Crippen LogP contribution in [0.15, 0.2) is 34.9 Å². The number of hydrogen-bond acceptors (Lipinski definition) is 7. The van der Waals surface area contributed by atoms with Crippen molar-refractivity contribution in [1.82, 2.24) is 34.4 Å². The van der Waals surface area contributed by atoms with E-state index in [4.69, 9.17) is 9.97 Å². The highest BCUT2D eigenvalue weighted by atomic mass is 79.9. The predicted octanol–water partition coefficient (Wildman–Crippen LogP) is 2.52. The zero-order valence-corrected chi connectivity index (χ0v) is 17.9. The number of imidazole rings is 1. The molecule has 2 N–H and O–H groups in total. The third kappa shape index (κ3) is 3.42. The fraction of sp³-hybridized carbons (Fsp3) is 0.368. The van der Waals surface area contributed by atoms with Gasteiger partial charge in [-0.05, 0) is 42.0 Å². The minimum Gasteiger partial charge on any atom is -0.347 e. The average molecular weight is 456 g/mol. The van der Waals surface area contributed by atoms with Crippen LogP contribution in [0.5, 0.6) is 0 Å². The van der Waals surface area contributed by atoms with E-state index in [1.54, 1.807) is 10.7 Å². The molecule has 1 aliphatic rings. The van der Waals surface area contributed by atoms with Gasteiger partial charge in [-0.2, -0.15) is 19.6 Å². The molecule has 29 heavy (non-hydrogen) atoms. The lowest BCUT2D eigenvalue weighted by molar-refractivity contribution is 0.273. The number of para-hydroxylation sites is 2. The minimum absolute atomic E-state index is 0.334. The van der Waals surface area contributed by atoms with Crippen LogP contribution in [0.2, 0.25) is 0 Å². The Labute approximate surface area is 176 Å². The van der Waals surface area contributed by atoms with Gasteiger partial charge in [-0.15, -0.1) is 0 Å². The van der Waals surface area contributed by atoms with Crippen molar-refractivity contribution in [2.45, 2.75) is 19.5 Å². The molecule has 0 unspecified atom stereocenters. The normalized spacial score (nSPS) is 18.0. The first-order valence-corrected chi connectivity index (χ1v) is 10.4. The number of hydrogen-bond donors (Lipinski definition) is 2.